The molecule has 4 heterocycles. The molecule has 206 valence electrons. The maximum Gasteiger partial charge on any atom is 0.411 e. The number of nitrogens with one attached hydrogen (secondary N) is 2. The third kappa shape index (κ3) is 4.98. The Morgan fingerprint density at radius 2 is 1.83 bits per heavy atom. The van der Waals surface area contributed by atoms with Gasteiger partial charge in [0.2, 0.25) is 0 Å². The second-order valence-electron chi connectivity index (χ2n) is 9.81. The van der Waals surface area contributed by atoms with Crippen molar-refractivity contribution in [1.29, 1.82) is 0 Å². The fourth-order valence-corrected chi connectivity index (χ4v) is 5.47. The number of methoxy groups -OCH3 is 2. The van der Waals surface area contributed by atoms with E-state index >= 15 is 0 Å². The Kier molecular flexibility index (Phi) is 7.08. The van der Waals surface area contributed by atoms with E-state index in [2.05, 4.69) is 20.3 Å². The molecule has 0 radical (unpaired) electrons. The van der Waals surface area contributed by atoms with Gasteiger partial charge in [-0.25, -0.2) is 9.78 Å². The zero-order chi connectivity index (χ0) is 28.3. The first-order valence-electron chi connectivity index (χ1n) is 13.4. The minimum absolute atomic E-state index is 0.139. The fraction of sp³-hybridized carbons (Fsp3) is 0.188. The highest BCUT2D eigenvalue weighted by molar-refractivity contribution is 6.04. The highest BCUT2D eigenvalue weighted by Crippen LogP contribution is 2.38. The van der Waals surface area contributed by atoms with Gasteiger partial charge in [0.25, 0.3) is 5.91 Å². The summed E-state index contributed by atoms with van der Waals surface area (Å²) in [7, 11) is 2.94. The molecule has 1 aliphatic heterocycles. The fourth-order valence-electron chi connectivity index (χ4n) is 5.47. The minimum Gasteiger partial charge on any atom is -0.496 e. The van der Waals surface area contributed by atoms with Gasteiger partial charge >= 0.3 is 6.09 Å². The van der Waals surface area contributed by atoms with Crippen molar-refractivity contribution in [2.75, 3.05) is 26.1 Å². The number of nitrogens with zero attached hydrogens (tertiary/aromatic N) is 3. The number of benzene rings is 2. The highest BCUT2D eigenvalue weighted by atomic mass is 16.5. The molecule has 1 saturated heterocycles. The summed E-state index contributed by atoms with van der Waals surface area (Å²) in [6.07, 6.45) is 6.47. The summed E-state index contributed by atoms with van der Waals surface area (Å²) in [5.41, 5.74) is 5.87. The number of aromatic amines is 1. The number of pyridine rings is 2. The predicted molar refractivity (Wildman–Crippen MR) is 157 cm³/mol. The number of amides is 2. The Morgan fingerprint density at radius 3 is 2.63 bits per heavy atom. The van der Waals surface area contributed by atoms with E-state index in [0.29, 0.717) is 17.8 Å². The molecule has 9 nitrogen and oxygen atoms in total. The molecule has 0 saturated carbocycles. The molecule has 1 aliphatic rings. The summed E-state index contributed by atoms with van der Waals surface area (Å²) < 4.78 is 10.4. The summed E-state index contributed by atoms with van der Waals surface area (Å²) in [4.78, 5) is 40.5. The summed E-state index contributed by atoms with van der Waals surface area (Å²) >= 11 is 0. The van der Waals surface area contributed by atoms with Gasteiger partial charge in [-0.1, -0.05) is 30.3 Å². The van der Waals surface area contributed by atoms with Gasteiger partial charge in [0, 0.05) is 47.2 Å². The predicted octanol–water partition coefficient (Wildman–Crippen LogP) is 6.46. The highest BCUT2D eigenvalue weighted by Gasteiger charge is 2.33. The lowest BCUT2D eigenvalue weighted by molar-refractivity contribution is 0.0734. The molecule has 1 atom stereocenters. The normalized spacial score (nSPS) is 14.7. The van der Waals surface area contributed by atoms with Gasteiger partial charge in [0.05, 0.1) is 37.2 Å². The van der Waals surface area contributed by atoms with Crippen LogP contribution in [0.4, 0.5) is 10.5 Å². The summed E-state index contributed by atoms with van der Waals surface area (Å²) in [5, 5.41) is 3.63. The van der Waals surface area contributed by atoms with Crippen molar-refractivity contribution in [3.63, 3.8) is 0 Å². The third-order valence-electron chi connectivity index (χ3n) is 7.48. The molecular formula is C32H29N5O4. The monoisotopic (exact) mass is 547 g/mol. The van der Waals surface area contributed by atoms with Crippen LogP contribution in [-0.2, 0) is 4.74 Å². The van der Waals surface area contributed by atoms with Gasteiger partial charge in [-0.3, -0.25) is 15.1 Å². The number of para-hydroxylation sites is 1. The van der Waals surface area contributed by atoms with Crippen molar-refractivity contribution >= 4 is 28.7 Å². The minimum atomic E-state index is -0.647. The average Bonchev–Trinajstić information content (AvgIpc) is 3.69. The Hall–Kier alpha value is -5.18. The van der Waals surface area contributed by atoms with Crippen LogP contribution in [0.3, 0.4) is 0 Å². The Bertz CT molecular complexity index is 1730. The van der Waals surface area contributed by atoms with Crippen LogP contribution in [0, 0.1) is 0 Å². The van der Waals surface area contributed by atoms with E-state index in [1.165, 1.54) is 7.11 Å². The van der Waals surface area contributed by atoms with E-state index in [0.717, 1.165) is 57.6 Å². The Balaban J connectivity index is 1.42. The molecule has 5 aromatic rings. The van der Waals surface area contributed by atoms with E-state index in [9.17, 15) is 9.59 Å². The number of ether oxygens (including phenoxy) is 2. The van der Waals surface area contributed by atoms with Crippen molar-refractivity contribution in [1.82, 2.24) is 19.9 Å². The van der Waals surface area contributed by atoms with E-state index < -0.39 is 6.09 Å². The number of anilines is 1. The number of carbonyl (C=O) groups excluding carboxylic acids is 2. The second-order valence-corrected chi connectivity index (χ2v) is 9.81. The quantitative estimate of drug-likeness (QED) is 0.253. The molecule has 1 fully saturated rings. The lowest BCUT2D eigenvalue weighted by Gasteiger charge is -2.25. The number of H-pyrrole nitrogens is 1. The summed E-state index contributed by atoms with van der Waals surface area (Å²) in [6, 6.07) is 20.9. The van der Waals surface area contributed by atoms with Crippen LogP contribution >= 0.6 is 0 Å². The topological polar surface area (TPSA) is 109 Å². The van der Waals surface area contributed by atoms with Gasteiger partial charge in [-0.15, -0.1) is 0 Å². The van der Waals surface area contributed by atoms with Crippen molar-refractivity contribution in [3.05, 3.63) is 96.6 Å². The SMILES string of the molecule is COC(=O)Nc1ccc(-c2cnc3[nH]cc(-c4ccccc4OC)c3c2)cc1C(=O)N1CCCC1c1ccccn1. The maximum atomic E-state index is 14.1. The summed E-state index contributed by atoms with van der Waals surface area (Å²) in [5.74, 6) is 0.579. The molecular weight excluding hydrogens is 518 g/mol. The van der Waals surface area contributed by atoms with E-state index in [-0.39, 0.29) is 11.9 Å². The van der Waals surface area contributed by atoms with Gasteiger partial charge in [0.15, 0.2) is 0 Å². The van der Waals surface area contributed by atoms with Crippen LogP contribution in [0.15, 0.2) is 85.3 Å². The Morgan fingerprint density at radius 1 is 0.976 bits per heavy atom. The first-order valence-corrected chi connectivity index (χ1v) is 13.4. The van der Waals surface area contributed by atoms with Gasteiger partial charge in [-0.05, 0) is 54.8 Å². The van der Waals surface area contributed by atoms with E-state index in [4.69, 9.17) is 9.47 Å². The smallest absolute Gasteiger partial charge is 0.411 e. The van der Waals surface area contributed by atoms with Crippen molar-refractivity contribution in [2.24, 2.45) is 0 Å². The summed E-state index contributed by atoms with van der Waals surface area (Å²) in [6.45, 7) is 0.598. The number of hydrogen-bond acceptors (Lipinski definition) is 6. The molecule has 41 heavy (non-hydrogen) atoms. The molecule has 0 spiro atoms. The number of rotatable bonds is 6. The zero-order valence-corrected chi connectivity index (χ0v) is 22.8. The number of aromatic nitrogens is 3. The zero-order valence-electron chi connectivity index (χ0n) is 22.8. The lowest BCUT2D eigenvalue weighted by Crippen LogP contribution is -2.32. The first-order chi connectivity index (χ1) is 20.1. The molecule has 2 N–H and O–H groups in total. The van der Waals surface area contributed by atoms with Crippen molar-refractivity contribution < 1.29 is 19.1 Å². The lowest BCUT2D eigenvalue weighted by atomic mass is 9.99. The molecule has 9 heteroatoms. The number of hydrogen-bond donors (Lipinski definition) is 2. The molecule has 1 unspecified atom stereocenters. The van der Waals surface area contributed by atoms with Crippen molar-refractivity contribution in [3.8, 4) is 28.0 Å². The van der Waals surface area contributed by atoms with E-state index in [1.807, 2.05) is 65.7 Å². The molecule has 6 rings (SSSR count). The third-order valence-corrected chi connectivity index (χ3v) is 7.48. The first kappa shape index (κ1) is 26.1. The molecule has 2 amide bonds. The molecule has 2 aromatic carbocycles. The van der Waals surface area contributed by atoms with Crippen molar-refractivity contribution in [2.45, 2.75) is 18.9 Å². The molecule has 3 aromatic heterocycles. The number of fused-ring (bicyclic) bond motifs is 1. The van der Waals surface area contributed by atoms with Crippen LogP contribution in [-0.4, -0.2) is 52.6 Å². The van der Waals surface area contributed by atoms with Crippen LogP contribution in [0.5, 0.6) is 5.75 Å². The van der Waals surface area contributed by atoms with Crippen LogP contribution in [0.1, 0.15) is 34.9 Å². The average molecular weight is 548 g/mol. The largest absolute Gasteiger partial charge is 0.496 e. The van der Waals surface area contributed by atoms with Crippen LogP contribution < -0.4 is 10.1 Å². The van der Waals surface area contributed by atoms with E-state index in [1.54, 1.807) is 31.6 Å². The molecule has 0 aliphatic carbocycles. The van der Waals surface area contributed by atoms with Crippen LogP contribution in [0.25, 0.3) is 33.3 Å². The number of carbonyl (C=O) groups is 2. The van der Waals surface area contributed by atoms with Gasteiger partial charge < -0.3 is 19.4 Å². The van der Waals surface area contributed by atoms with Gasteiger partial charge in [0.1, 0.15) is 11.4 Å². The van der Waals surface area contributed by atoms with Gasteiger partial charge in [-0.2, -0.15) is 0 Å². The number of likely N-dealkylation sites (tertiary alicyclic amines) is 1. The second kappa shape index (κ2) is 11.1. The maximum absolute atomic E-state index is 14.1. The molecule has 0 bridgehead atoms. The van der Waals surface area contributed by atoms with Crippen LogP contribution in [0.2, 0.25) is 0 Å². The Labute approximate surface area is 237 Å². The standard InChI is InChI=1S/C32H29N5O4/c1-40-29-11-4-3-8-22(29)25-19-35-30-23(25)17-21(18-34-30)20-12-13-26(36-32(39)41-2)24(16-20)31(38)37-15-7-10-28(37)27-9-5-6-14-33-27/h3-6,8-9,11-14,16-19,28H,7,10,15H2,1-2H3,(H,34,35)(H,36,39).